The molecule has 2 fully saturated rings. The van der Waals surface area contributed by atoms with Crippen molar-refractivity contribution in [2.75, 3.05) is 33.2 Å². The van der Waals surface area contributed by atoms with Gasteiger partial charge in [-0.1, -0.05) is 0 Å². The van der Waals surface area contributed by atoms with Crippen molar-refractivity contribution >= 4 is 16.6 Å². The Bertz CT molecular complexity index is 1140. The maximum absolute atomic E-state index is 14.7. The van der Waals surface area contributed by atoms with Gasteiger partial charge < -0.3 is 4.90 Å². The van der Waals surface area contributed by atoms with Crippen LogP contribution >= 0.6 is 0 Å². The van der Waals surface area contributed by atoms with Crippen LogP contribution in [0, 0.1) is 11.7 Å². The molecule has 3 aromatic rings. The zero-order chi connectivity index (χ0) is 22.9. The smallest absolute Gasteiger partial charge is 0.141 e. The zero-order valence-electron chi connectivity index (χ0n) is 19.5. The summed E-state index contributed by atoms with van der Waals surface area (Å²) in [4.78, 5) is 22.5. The summed E-state index contributed by atoms with van der Waals surface area (Å²) < 4.78 is 16.4. The van der Waals surface area contributed by atoms with E-state index in [2.05, 4.69) is 26.9 Å². The Hall–Kier alpha value is -2.64. The Morgan fingerprint density at radius 1 is 1.00 bits per heavy atom. The molecule has 1 aliphatic carbocycles. The van der Waals surface area contributed by atoms with Crippen LogP contribution in [0.15, 0.2) is 36.8 Å². The molecule has 0 N–H and O–H groups in total. The number of carbonyl (C=O) groups excluding carboxylic acids is 1. The monoisotopic (exact) mass is 449 g/mol. The summed E-state index contributed by atoms with van der Waals surface area (Å²) >= 11 is 0. The lowest BCUT2D eigenvalue weighted by molar-refractivity contribution is -0.123. The molecule has 174 valence electrons. The lowest BCUT2D eigenvalue weighted by Gasteiger charge is -2.40. The second-order valence-corrected chi connectivity index (χ2v) is 9.75. The molecule has 7 heteroatoms. The molecule has 33 heavy (non-hydrogen) atoms. The van der Waals surface area contributed by atoms with E-state index in [1.165, 1.54) is 6.07 Å². The number of rotatable bonds is 5. The highest BCUT2D eigenvalue weighted by molar-refractivity contribution is 5.89. The third kappa shape index (κ3) is 4.84. The Labute approximate surface area is 194 Å². The summed E-state index contributed by atoms with van der Waals surface area (Å²) in [6.45, 7) is 4.54. The molecule has 0 amide bonds. The van der Waals surface area contributed by atoms with Crippen molar-refractivity contribution in [3.63, 3.8) is 0 Å². The number of pyridine rings is 1. The second kappa shape index (κ2) is 9.31. The number of aryl methyl sites for hydroxylation is 1. The molecule has 1 aromatic carbocycles. The highest BCUT2D eigenvalue weighted by Gasteiger charge is 2.30. The van der Waals surface area contributed by atoms with Crippen molar-refractivity contribution in [1.29, 1.82) is 0 Å². The minimum Gasteiger partial charge on any atom is -0.304 e. The van der Waals surface area contributed by atoms with Gasteiger partial charge in [0, 0.05) is 80.6 Å². The molecule has 6 nitrogen and oxygen atoms in total. The molecular formula is C26H32FN5O. The number of aromatic nitrogens is 3. The summed E-state index contributed by atoms with van der Waals surface area (Å²) in [5.74, 6) is 0.0752. The van der Waals surface area contributed by atoms with E-state index in [1.54, 1.807) is 17.1 Å². The molecular weight excluding hydrogens is 417 g/mol. The number of likely N-dealkylation sites (N-methyl/N-ethyl adjacent to an activating group) is 1. The molecule has 0 radical (unpaired) electrons. The fourth-order valence-corrected chi connectivity index (χ4v) is 5.37. The van der Waals surface area contributed by atoms with E-state index in [0.29, 0.717) is 17.8 Å². The Kier molecular flexibility index (Phi) is 6.25. The van der Waals surface area contributed by atoms with E-state index < -0.39 is 0 Å². The van der Waals surface area contributed by atoms with Crippen LogP contribution < -0.4 is 0 Å². The van der Waals surface area contributed by atoms with Crippen molar-refractivity contribution in [1.82, 2.24) is 24.6 Å². The van der Waals surface area contributed by atoms with Gasteiger partial charge >= 0.3 is 0 Å². The summed E-state index contributed by atoms with van der Waals surface area (Å²) in [6.07, 6.45) is 9.60. The molecule has 0 bridgehead atoms. The van der Waals surface area contributed by atoms with Gasteiger partial charge in [0.2, 0.25) is 0 Å². The van der Waals surface area contributed by atoms with Crippen LogP contribution in [0.4, 0.5) is 4.39 Å². The largest absolute Gasteiger partial charge is 0.304 e. The number of benzene rings is 1. The van der Waals surface area contributed by atoms with Crippen molar-refractivity contribution < 1.29 is 9.18 Å². The first-order chi connectivity index (χ1) is 16.0. The van der Waals surface area contributed by atoms with Gasteiger partial charge in [0.25, 0.3) is 0 Å². The van der Waals surface area contributed by atoms with Crippen molar-refractivity contribution in [2.45, 2.75) is 38.1 Å². The summed E-state index contributed by atoms with van der Waals surface area (Å²) in [7, 11) is 4.02. The standard InChI is InChI=1S/C26H32FN5O/c1-30-7-9-32(10-8-30)23-5-3-18(4-6-23)26(33)14-22-12-20-11-19(21-15-29-31(2)17-21)13-25(27)24(20)16-28-22/h11-13,15-18,23H,3-10,14H2,1-2H3. The van der Waals surface area contributed by atoms with Gasteiger partial charge in [-0.05, 0) is 61.9 Å². The average Bonchev–Trinajstić information content (AvgIpc) is 3.26. The number of hydrogen-bond acceptors (Lipinski definition) is 5. The van der Waals surface area contributed by atoms with Crippen LogP contribution in [0.5, 0.6) is 0 Å². The van der Waals surface area contributed by atoms with Crippen LogP contribution in [-0.2, 0) is 18.3 Å². The normalized spacial score (nSPS) is 22.6. The fraction of sp³-hybridized carbons (Fsp3) is 0.500. The van der Waals surface area contributed by atoms with Crippen molar-refractivity contribution in [2.24, 2.45) is 13.0 Å². The van der Waals surface area contributed by atoms with E-state index in [0.717, 1.165) is 74.1 Å². The maximum Gasteiger partial charge on any atom is 0.141 e. The molecule has 1 saturated carbocycles. The van der Waals surface area contributed by atoms with Gasteiger partial charge in [0.1, 0.15) is 11.6 Å². The van der Waals surface area contributed by atoms with Crippen LogP contribution in [0.1, 0.15) is 31.4 Å². The van der Waals surface area contributed by atoms with Gasteiger partial charge in [-0.15, -0.1) is 0 Å². The van der Waals surface area contributed by atoms with Crippen LogP contribution in [0.3, 0.4) is 0 Å². The SMILES string of the molecule is CN1CCN(C2CCC(C(=O)Cc3cc4cc(-c5cnn(C)c5)cc(F)c4cn3)CC2)CC1. The number of Topliss-reactive ketones (excluding diaryl/α,β-unsaturated/α-hetero) is 1. The van der Waals surface area contributed by atoms with Crippen molar-refractivity contribution in [3.05, 3.63) is 48.3 Å². The van der Waals surface area contributed by atoms with Gasteiger partial charge in [0.05, 0.1) is 6.20 Å². The first-order valence-electron chi connectivity index (χ1n) is 12.0. The fourth-order valence-electron chi connectivity index (χ4n) is 5.37. The number of fused-ring (bicyclic) bond motifs is 1. The number of nitrogens with zero attached hydrogens (tertiary/aromatic N) is 5. The predicted octanol–water partition coefficient (Wildman–Crippen LogP) is 3.69. The Balaban J connectivity index is 1.25. The third-order valence-corrected chi connectivity index (χ3v) is 7.44. The minimum absolute atomic E-state index is 0.115. The van der Waals surface area contributed by atoms with Gasteiger partial charge in [-0.2, -0.15) is 5.10 Å². The summed E-state index contributed by atoms with van der Waals surface area (Å²) in [5.41, 5.74) is 2.36. The van der Waals surface area contributed by atoms with Crippen LogP contribution in [0.2, 0.25) is 0 Å². The summed E-state index contributed by atoms with van der Waals surface area (Å²) in [5, 5.41) is 5.43. The van der Waals surface area contributed by atoms with Gasteiger partial charge in [-0.25, -0.2) is 4.39 Å². The lowest BCUT2D eigenvalue weighted by Crippen LogP contribution is -2.50. The number of halogens is 1. The quantitative estimate of drug-likeness (QED) is 0.595. The van der Waals surface area contributed by atoms with E-state index >= 15 is 0 Å². The number of piperazine rings is 1. The molecule has 1 saturated heterocycles. The molecule has 1 aliphatic heterocycles. The number of hydrogen-bond donors (Lipinski definition) is 0. The second-order valence-electron chi connectivity index (χ2n) is 9.75. The lowest BCUT2D eigenvalue weighted by atomic mass is 9.81. The topological polar surface area (TPSA) is 54.3 Å². The van der Waals surface area contributed by atoms with E-state index in [4.69, 9.17) is 0 Å². The Morgan fingerprint density at radius 2 is 1.76 bits per heavy atom. The predicted molar refractivity (Wildman–Crippen MR) is 127 cm³/mol. The minimum atomic E-state index is -0.307. The van der Waals surface area contributed by atoms with Gasteiger partial charge in [0.15, 0.2) is 0 Å². The van der Waals surface area contributed by atoms with E-state index in [-0.39, 0.29) is 17.5 Å². The van der Waals surface area contributed by atoms with Crippen molar-refractivity contribution in [3.8, 4) is 11.1 Å². The molecule has 5 rings (SSSR count). The maximum atomic E-state index is 14.7. The molecule has 0 spiro atoms. The van der Waals surface area contributed by atoms with Crippen LogP contribution in [-0.4, -0.2) is 69.6 Å². The first kappa shape index (κ1) is 22.2. The van der Waals surface area contributed by atoms with Crippen LogP contribution in [0.25, 0.3) is 21.9 Å². The third-order valence-electron chi connectivity index (χ3n) is 7.44. The first-order valence-corrected chi connectivity index (χ1v) is 12.0. The zero-order valence-corrected chi connectivity index (χ0v) is 19.5. The molecule has 0 atom stereocenters. The number of ketones is 1. The highest BCUT2D eigenvalue weighted by Crippen LogP contribution is 2.30. The number of carbonyl (C=O) groups is 1. The average molecular weight is 450 g/mol. The molecule has 2 aliphatic rings. The van der Waals surface area contributed by atoms with Gasteiger partial charge in [-0.3, -0.25) is 19.4 Å². The molecule has 3 heterocycles. The van der Waals surface area contributed by atoms with E-state index in [9.17, 15) is 9.18 Å². The molecule has 2 aromatic heterocycles. The molecule has 0 unspecified atom stereocenters. The van der Waals surface area contributed by atoms with E-state index in [1.807, 2.05) is 25.4 Å². The highest BCUT2D eigenvalue weighted by atomic mass is 19.1. The summed E-state index contributed by atoms with van der Waals surface area (Å²) in [6, 6.07) is 5.96. The Morgan fingerprint density at radius 3 is 2.45 bits per heavy atom.